The zero-order chi connectivity index (χ0) is 16.1. The summed E-state index contributed by atoms with van der Waals surface area (Å²) < 4.78 is 11.3. The van der Waals surface area contributed by atoms with Crippen LogP contribution in [0.15, 0.2) is 42.5 Å². The predicted molar refractivity (Wildman–Crippen MR) is 96.7 cm³/mol. The van der Waals surface area contributed by atoms with Crippen molar-refractivity contribution in [3.63, 3.8) is 0 Å². The van der Waals surface area contributed by atoms with E-state index in [0.717, 1.165) is 24.0 Å². The number of hydrogen-bond donors (Lipinski definition) is 2. The second-order valence-corrected chi connectivity index (χ2v) is 5.71. The number of halogens is 1. The smallest absolute Gasteiger partial charge is 0.249 e. The van der Waals surface area contributed by atoms with Gasteiger partial charge in [0.15, 0.2) is 0 Å². The summed E-state index contributed by atoms with van der Waals surface area (Å²) in [6.45, 7) is 1.35. The average molecular weight is 351 g/mol. The molecule has 0 radical (unpaired) electrons. The van der Waals surface area contributed by atoms with E-state index in [9.17, 15) is 4.79 Å². The maximum Gasteiger partial charge on any atom is 0.249 e. The van der Waals surface area contributed by atoms with Crippen molar-refractivity contribution in [2.24, 2.45) is 5.73 Å². The molecule has 3 rings (SSSR count). The molecule has 1 fully saturated rings. The van der Waals surface area contributed by atoms with Gasteiger partial charge in [-0.3, -0.25) is 4.79 Å². The third kappa shape index (κ3) is 4.60. The first-order valence-corrected chi connectivity index (χ1v) is 8.01. The Bertz CT molecular complexity index is 680. The van der Waals surface area contributed by atoms with Crippen LogP contribution in [0.3, 0.4) is 0 Å². The molecule has 0 aromatic heterocycles. The number of nitrogens with two attached hydrogens (primary N) is 1. The van der Waals surface area contributed by atoms with Crippen LogP contribution in [0.5, 0.6) is 5.75 Å². The fourth-order valence-electron chi connectivity index (χ4n) is 2.79. The lowest BCUT2D eigenvalue weighted by molar-refractivity contribution is -0.131. The monoisotopic (exact) mass is 350 g/mol. The van der Waals surface area contributed by atoms with Crippen LogP contribution in [0.4, 0.5) is 0 Å². The molecular weight excluding hydrogens is 328 g/mol. The Morgan fingerprint density at radius 3 is 2.75 bits per heavy atom. The first-order chi connectivity index (χ1) is 11.3. The molecule has 1 aliphatic heterocycles. The van der Waals surface area contributed by atoms with E-state index in [1.165, 1.54) is 5.39 Å². The molecule has 0 saturated carbocycles. The Morgan fingerprint density at radius 1 is 1.21 bits per heavy atom. The van der Waals surface area contributed by atoms with E-state index in [-0.39, 0.29) is 30.5 Å². The van der Waals surface area contributed by atoms with Crippen molar-refractivity contribution in [2.75, 3.05) is 19.7 Å². The molecular formula is C18H23ClN2O3. The highest BCUT2D eigenvalue weighted by atomic mass is 35.5. The fraction of sp³-hybridized carbons (Fsp3) is 0.389. The van der Waals surface area contributed by atoms with Gasteiger partial charge in [-0.05, 0) is 35.7 Å². The molecule has 1 saturated heterocycles. The van der Waals surface area contributed by atoms with Crippen LogP contribution in [0.25, 0.3) is 10.8 Å². The minimum Gasteiger partial charge on any atom is -0.492 e. The first kappa shape index (κ1) is 18.5. The Morgan fingerprint density at radius 2 is 2.00 bits per heavy atom. The standard InChI is InChI=1S/C18H22N2O3.ClH/c19-12-16-7-8-17(23-16)18(21)20-9-10-22-15-6-5-13-3-1-2-4-14(13)11-15;/h1-6,11,16-17H,7-10,12,19H2,(H,20,21);1H/t16-,17+;/m1./s1. The summed E-state index contributed by atoms with van der Waals surface area (Å²) in [6, 6.07) is 14.1. The van der Waals surface area contributed by atoms with E-state index in [1.54, 1.807) is 0 Å². The van der Waals surface area contributed by atoms with Crippen LogP contribution in [-0.4, -0.2) is 37.8 Å². The quantitative estimate of drug-likeness (QED) is 0.784. The minimum atomic E-state index is -0.371. The van der Waals surface area contributed by atoms with Gasteiger partial charge in [-0.2, -0.15) is 0 Å². The number of carbonyl (C=O) groups is 1. The van der Waals surface area contributed by atoms with Crippen LogP contribution in [-0.2, 0) is 9.53 Å². The minimum absolute atomic E-state index is 0. The van der Waals surface area contributed by atoms with Gasteiger partial charge in [0.1, 0.15) is 18.5 Å². The third-order valence-corrected chi connectivity index (χ3v) is 4.05. The number of benzene rings is 2. The van der Waals surface area contributed by atoms with E-state index in [2.05, 4.69) is 17.4 Å². The molecule has 2 aromatic carbocycles. The topological polar surface area (TPSA) is 73.6 Å². The molecule has 24 heavy (non-hydrogen) atoms. The van der Waals surface area contributed by atoms with Crippen molar-refractivity contribution in [1.29, 1.82) is 0 Å². The Balaban J connectivity index is 0.00000208. The normalized spacial score (nSPS) is 19.7. The van der Waals surface area contributed by atoms with Crippen molar-refractivity contribution in [3.8, 4) is 5.75 Å². The molecule has 5 nitrogen and oxygen atoms in total. The number of carbonyl (C=O) groups excluding carboxylic acids is 1. The number of hydrogen-bond acceptors (Lipinski definition) is 4. The van der Waals surface area contributed by atoms with Crippen LogP contribution < -0.4 is 15.8 Å². The van der Waals surface area contributed by atoms with Crippen LogP contribution in [0.2, 0.25) is 0 Å². The second kappa shape index (κ2) is 8.87. The first-order valence-electron chi connectivity index (χ1n) is 8.01. The fourth-order valence-corrected chi connectivity index (χ4v) is 2.79. The summed E-state index contributed by atoms with van der Waals surface area (Å²) in [4.78, 5) is 12.0. The van der Waals surface area contributed by atoms with E-state index < -0.39 is 0 Å². The maximum atomic E-state index is 12.0. The molecule has 1 amide bonds. The zero-order valence-corrected chi connectivity index (χ0v) is 14.3. The summed E-state index contributed by atoms with van der Waals surface area (Å²) in [6.07, 6.45) is 1.23. The Hall–Kier alpha value is -1.82. The number of ether oxygens (including phenoxy) is 2. The molecule has 2 atom stereocenters. The van der Waals surface area contributed by atoms with Crippen molar-refractivity contribution < 1.29 is 14.3 Å². The SMILES string of the molecule is Cl.NC[C@H]1CC[C@@H](C(=O)NCCOc2ccc3ccccc3c2)O1. The molecule has 1 heterocycles. The van der Waals surface area contributed by atoms with Crippen molar-refractivity contribution in [2.45, 2.75) is 25.0 Å². The van der Waals surface area contributed by atoms with Gasteiger partial charge in [-0.1, -0.05) is 30.3 Å². The van der Waals surface area contributed by atoms with E-state index in [1.807, 2.05) is 30.3 Å². The second-order valence-electron chi connectivity index (χ2n) is 5.71. The van der Waals surface area contributed by atoms with Crippen LogP contribution in [0, 0.1) is 0 Å². The lowest BCUT2D eigenvalue weighted by Gasteiger charge is -2.13. The van der Waals surface area contributed by atoms with Gasteiger partial charge >= 0.3 is 0 Å². The summed E-state index contributed by atoms with van der Waals surface area (Å²) in [5.41, 5.74) is 5.54. The lowest BCUT2D eigenvalue weighted by Crippen LogP contribution is -2.37. The van der Waals surface area contributed by atoms with Gasteiger partial charge in [0.2, 0.25) is 5.91 Å². The largest absolute Gasteiger partial charge is 0.492 e. The highest BCUT2D eigenvalue weighted by molar-refractivity contribution is 5.85. The van der Waals surface area contributed by atoms with E-state index in [0.29, 0.717) is 19.7 Å². The lowest BCUT2D eigenvalue weighted by atomic mass is 10.1. The van der Waals surface area contributed by atoms with E-state index >= 15 is 0 Å². The summed E-state index contributed by atoms with van der Waals surface area (Å²) >= 11 is 0. The molecule has 0 unspecified atom stereocenters. The highest BCUT2D eigenvalue weighted by Crippen LogP contribution is 2.20. The molecule has 6 heteroatoms. The Kier molecular flexibility index (Phi) is 6.85. The molecule has 3 N–H and O–H groups in total. The number of nitrogens with one attached hydrogen (secondary N) is 1. The predicted octanol–water partition coefficient (Wildman–Crippen LogP) is 2.26. The van der Waals surface area contributed by atoms with Gasteiger partial charge < -0.3 is 20.5 Å². The van der Waals surface area contributed by atoms with Gasteiger partial charge in [-0.15, -0.1) is 12.4 Å². The molecule has 0 aliphatic carbocycles. The maximum absolute atomic E-state index is 12.0. The number of fused-ring (bicyclic) bond motifs is 1. The summed E-state index contributed by atoms with van der Waals surface area (Å²) in [7, 11) is 0. The van der Waals surface area contributed by atoms with Crippen molar-refractivity contribution in [3.05, 3.63) is 42.5 Å². The Labute approximate surface area is 147 Å². The highest BCUT2D eigenvalue weighted by Gasteiger charge is 2.29. The summed E-state index contributed by atoms with van der Waals surface area (Å²) in [5, 5.41) is 5.17. The van der Waals surface area contributed by atoms with E-state index in [4.69, 9.17) is 15.2 Å². The number of rotatable bonds is 6. The molecule has 2 aromatic rings. The molecule has 0 spiro atoms. The summed E-state index contributed by atoms with van der Waals surface area (Å²) in [5.74, 6) is 0.723. The van der Waals surface area contributed by atoms with Crippen molar-refractivity contribution in [1.82, 2.24) is 5.32 Å². The third-order valence-electron chi connectivity index (χ3n) is 4.05. The van der Waals surface area contributed by atoms with Crippen LogP contribution >= 0.6 is 12.4 Å². The van der Waals surface area contributed by atoms with Gasteiger partial charge in [0, 0.05) is 6.54 Å². The molecule has 130 valence electrons. The molecule has 0 bridgehead atoms. The number of amides is 1. The average Bonchev–Trinajstić information content (AvgIpc) is 3.07. The zero-order valence-electron chi connectivity index (χ0n) is 13.4. The molecule has 1 aliphatic rings. The van der Waals surface area contributed by atoms with Gasteiger partial charge in [0.25, 0.3) is 0 Å². The van der Waals surface area contributed by atoms with Gasteiger partial charge in [-0.25, -0.2) is 0 Å². The van der Waals surface area contributed by atoms with Crippen molar-refractivity contribution >= 4 is 29.1 Å². The van der Waals surface area contributed by atoms with Gasteiger partial charge in [0.05, 0.1) is 12.6 Å². The van der Waals surface area contributed by atoms with Crippen LogP contribution in [0.1, 0.15) is 12.8 Å².